The highest BCUT2D eigenvalue weighted by Gasteiger charge is 2.22. The van der Waals surface area contributed by atoms with E-state index in [0.29, 0.717) is 13.1 Å². The number of amides is 1. The molecule has 2 N–H and O–H groups in total. The number of halogens is 1. The van der Waals surface area contributed by atoms with E-state index in [-0.39, 0.29) is 24.4 Å². The summed E-state index contributed by atoms with van der Waals surface area (Å²) in [7, 11) is 1.65. The van der Waals surface area contributed by atoms with Crippen LogP contribution >= 0.6 is 12.4 Å². The lowest BCUT2D eigenvalue weighted by molar-refractivity contribution is -0.120. The van der Waals surface area contributed by atoms with Gasteiger partial charge < -0.3 is 20.1 Å². The largest absolute Gasteiger partial charge is 0.493 e. The molecule has 1 aromatic carbocycles. The fourth-order valence-corrected chi connectivity index (χ4v) is 3.14. The number of hydrogen-bond donors (Lipinski definition) is 2. The lowest BCUT2D eigenvalue weighted by Gasteiger charge is -2.19. The summed E-state index contributed by atoms with van der Waals surface area (Å²) in [5, 5.41) is 6.18. The van der Waals surface area contributed by atoms with Crippen molar-refractivity contribution in [2.24, 2.45) is 5.92 Å². The maximum atomic E-state index is 12.0. The average Bonchev–Trinajstić information content (AvgIpc) is 3.27. The van der Waals surface area contributed by atoms with Crippen LogP contribution in [0, 0.1) is 5.92 Å². The number of methoxy groups -OCH3 is 1. The Kier molecular flexibility index (Phi) is 7.85. The predicted molar refractivity (Wildman–Crippen MR) is 101 cm³/mol. The van der Waals surface area contributed by atoms with Gasteiger partial charge in [-0.15, -0.1) is 12.4 Å². The van der Waals surface area contributed by atoms with Crippen LogP contribution in [0.25, 0.3) is 0 Å². The number of carbonyl (C=O) groups is 1. The molecule has 3 rings (SSSR count). The Hall–Kier alpha value is -1.46. The van der Waals surface area contributed by atoms with Crippen molar-refractivity contribution in [1.82, 2.24) is 10.6 Å². The van der Waals surface area contributed by atoms with E-state index in [2.05, 4.69) is 10.6 Å². The zero-order valence-electron chi connectivity index (χ0n) is 14.9. The van der Waals surface area contributed by atoms with Gasteiger partial charge in [0.2, 0.25) is 5.91 Å². The van der Waals surface area contributed by atoms with Gasteiger partial charge in [0.05, 0.1) is 19.8 Å². The Balaban J connectivity index is 0.00000225. The van der Waals surface area contributed by atoms with E-state index >= 15 is 0 Å². The fraction of sp³-hybridized carbons (Fsp3) is 0.632. The van der Waals surface area contributed by atoms with Gasteiger partial charge in [-0.1, -0.05) is 12.1 Å². The van der Waals surface area contributed by atoms with Gasteiger partial charge in [-0.25, -0.2) is 0 Å². The molecule has 140 valence electrons. The lowest BCUT2D eigenvalue weighted by atomic mass is 10.1. The number of benzene rings is 1. The van der Waals surface area contributed by atoms with Crippen LogP contribution in [0.5, 0.6) is 11.5 Å². The van der Waals surface area contributed by atoms with Crippen molar-refractivity contribution in [2.45, 2.75) is 51.2 Å². The number of ether oxygens (including phenoxy) is 2. The molecule has 2 saturated carbocycles. The van der Waals surface area contributed by atoms with Crippen molar-refractivity contribution in [3.05, 3.63) is 23.8 Å². The highest BCUT2D eigenvalue weighted by Crippen LogP contribution is 2.34. The maximum absolute atomic E-state index is 12.0. The topological polar surface area (TPSA) is 59.6 Å². The minimum Gasteiger partial charge on any atom is -0.493 e. The third-order valence-electron chi connectivity index (χ3n) is 4.76. The van der Waals surface area contributed by atoms with Gasteiger partial charge in [-0.3, -0.25) is 4.79 Å². The van der Waals surface area contributed by atoms with Crippen LogP contribution in [-0.4, -0.2) is 32.2 Å². The molecule has 2 aliphatic rings. The molecule has 0 radical (unpaired) electrons. The fourth-order valence-electron chi connectivity index (χ4n) is 3.14. The first-order valence-corrected chi connectivity index (χ1v) is 9.06. The van der Waals surface area contributed by atoms with E-state index in [4.69, 9.17) is 9.47 Å². The minimum absolute atomic E-state index is 0. The van der Waals surface area contributed by atoms with Crippen LogP contribution in [0.4, 0.5) is 0 Å². The van der Waals surface area contributed by atoms with E-state index < -0.39 is 0 Å². The molecule has 2 aliphatic carbocycles. The predicted octanol–water partition coefficient (Wildman–Crippen LogP) is 3.05. The Morgan fingerprint density at radius 3 is 2.64 bits per heavy atom. The first-order valence-electron chi connectivity index (χ1n) is 9.06. The quantitative estimate of drug-likeness (QED) is 0.703. The second-order valence-electron chi connectivity index (χ2n) is 6.82. The van der Waals surface area contributed by atoms with Crippen molar-refractivity contribution in [3.8, 4) is 11.5 Å². The third-order valence-corrected chi connectivity index (χ3v) is 4.76. The van der Waals surface area contributed by atoms with Crippen LogP contribution in [0.3, 0.4) is 0 Å². The number of hydrogen-bond acceptors (Lipinski definition) is 4. The Morgan fingerprint density at radius 1 is 1.20 bits per heavy atom. The SMILES string of the molecule is COc1cccc(CNC(=O)CNCC2CC2)c1OC1CCCC1.Cl. The molecule has 0 bridgehead atoms. The van der Waals surface area contributed by atoms with E-state index in [0.717, 1.165) is 42.4 Å². The number of carbonyl (C=O) groups excluding carboxylic acids is 1. The molecule has 0 unspecified atom stereocenters. The molecule has 0 saturated heterocycles. The normalized spacial score (nSPS) is 17.0. The molecule has 2 fully saturated rings. The van der Waals surface area contributed by atoms with Crippen molar-refractivity contribution in [3.63, 3.8) is 0 Å². The molecular weight excluding hydrogens is 340 g/mol. The van der Waals surface area contributed by atoms with Gasteiger partial charge in [0.1, 0.15) is 0 Å². The molecule has 0 aliphatic heterocycles. The van der Waals surface area contributed by atoms with Crippen molar-refractivity contribution >= 4 is 18.3 Å². The molecule has 1 amide bonds. The Bertz CT molecular complexity index is 558. The maximum Gasteiger partial charge on any atom is 0.234 e. The summed E-state index contributed by atoms with van der Waals surface area (Å²) < 4.78 is 11.6. The van der Waals surface area contributed by atoms with Crippen molar-refractivity contribution in [1.29, 1.82) is 0 Å². The molecule has 1 aromatic rings. The van der Waals surface area contributed by atoms with Crippen LogP contribution in [0.1, 0.15) is 44.1 Å². The van der Waals surface area contributed by atoms with Gasteiger partial charge in [0, 0.05) is 12.1 Å². The van der Waals surface area contributed by atoms with Gasteiger partial charge in [0.15, 0.2) is 11.5 Å². The first-order chi connectivity index (χ1) is 11.8. The summed E-state index contributed by atoms with van der Waals surface area (Å²) in [4.78, 5) is 12.0. The van der Waals surface area contributed by atoms with Crippen LogP contribution in [0.2, 0.25) is 0 Å². The van der Waals surface area contributed by atoms with Crippen LogP contribution < -0.4 is 20.1 Å². The Morgan fingerprint density at radius 2 is 1.96 bits per heavy atom. The van der Waals surface area contributed by atoms with Crippen LogP contribution in [-0.2, 0) is 11.3 Å². The van der Waals surface area contributed by atoms with Gasteiger partial charge in [-0.2, -0.15) is 0 Å². The van der Waals surface area contributed by atoms with Gasteiger partial charge >= 0.3 is 0 Å². The summed E-state index contributed by atoms with van der Waals surface area (Å²) in [6.45, 7) is 1.78. The molecule has 6 heteroatoms. The monoisotopic (exact) mass is 368 g/mol. The van der Waals surface area contributed by atoms with E-state index in [9.17, 15) is 4.79 Å². The highest BCUT2D eigenvalue weighted by molar-refractivity contribution is 5.85. The standard InChI is InChI=1S/C19H28N2O3.ClH/c1-23-17-8-4-5-15(19(17)24-16-6-2-3-7-16)12-21-18(22)13-20-11-14-9-10-14;/h4-5,8,14,16,20H,2-3,6-7,9-13H2,1H3,(H,21,22);1H. The molecule has 0 atom stereocenters. The van der Waals surface area contributed by atoms with Crippen molar-refractivity contribution < 1.29 is 14.3 Å². The minimum atomic E-state index is 0. The average molecular weight is 369 g/mol. The molecule has 5 nitrogen and oxygen atoms in total. The number of nitrogens with one attached hydrogen (secondary N) is 2. The van der Waals surface area contributed by atoms with Gasteiger partial charge in [-0.05, 0) is 57.1 Å². The van der Waals surface area contributed by atoms with Crippen LogP contribution in [0.15, 0.2) is 18.2 Å². The van der Waals surface area contributed by atoms with Crippen molar-refractivity contribution in [2.75, 3.05) is 20.2 Å². The molecule has 25 heavy (non-hydrogen) atoms. The summed E-state index contributed by atoms with van der Waals surface area (Å²) in [6.07, 6.45) is 7.47. The van der Waals surface area contributed by atoms with E-state index in [1.807, 2.05) is 18.2 Å². The number of rotatable bonds is 9. The van der Waals surface area contributed by atoms with E-state index in [1.165, 1.54) is 25.7 Å². The second kappa shape index (κ2) is 9.88. The summed E-state index contributed by atoms with van der Waals surface area (Å²) in [5.41, 5.74) is 0.969. The highest BCUT2D eigenvalue weighted by atomic mass is 35.5. The summed E-state index contributed by atoms with van der Waals surface area (Å²) in [5.74, 6) is 2.31. The van der Waals surface area contributed by atoms with Gasteiger partial charge in [0.25, 0.3) is 0 Å². The summed E-state index contributed by atoms with van der Waals surface area (Å²) in [6, 6.07) is 5.84. The molecule has 0 aromatic heterocycles. The lowest BCUT2D eigenvalue weighted by Crippen LogP contribution is -2.34. The molecular formula is C19H29ClN2O3. The molecule has 0 spiro atoms. The zero-order chi connectivity index (χ0) is 16.8. The molecule has 0 heterocycles. The second-order valence-corrected chi connectivity index (χ2v) is 6.82. The zero-order valence-corrected chi connectivity index (χ0v) is 15.7. The smallest absolute Gasteiger partial charge is 0.234 e. The van der Waals surface area contributed by atoms with E-state index in [1.54, 1.807) is 7.11 Å². The first kappa shape index (κ1) is 19.9. The summed E-state index contributed by atoms with van der Waals surface area (Å²) >= 11 is 0. The third kappa shape index (κ3) is 6.08. The Labute approximate surface area is 156 Å². The number of para-hydroxylation sites is 1.